The van der Waals surface area contributed by atoms with Crippen molar-refractivity contribution in [2.24, 2.45) is 0 Å². The number of carbonyl (C=O) groups is 2. The summed E-state index contributed by atoms with van der Waals surface area (Å²) in [5.74, 6) is -1.03. The summed E-state index contributed by atoms with van der Waals surface area (Å²) in [4.78, 5) is 25.6. The van der Waals surface area contributed by atoms with Gasteiger partial charge in [-0.2, -0.15) is 0 Å². The number of thiophene rings is 1. The average molecular weight is 406 g/mol. The molecule has 0 aliphatic rings. The van der Waals surface area contributed by atoms with E-state index in [2.05, 4.69) is 6.92 Å². The maximum Gasteiger partial charge on any atom is 0.345 e. The third kappa shape index (κ3) is 6.44. The van der Waals surface area contributed by atoms with Gasteiger partial charge in [-0.15, -0.1) is 11.3 Å². The summed E-state index contributed by atoms with van der Waals surface area (Å²) in [6, 6.07) is 10.7. The molecule has 0 bridgehead atoms. The van der Waals surface area contributed by atoms with E-state index in [0.717, 1.165) is 35.4 Å². The molecule has 152 valence electrons. The predicted molar refractivity (Wildman–Crippen MR) is 110 cm³/mol. The van der Waals surface area contributed by atoms with E-state index in [-0.39, 0.29) is 10.8 Å². The summed E-state index contributed by atoms with van der Waals surface area (Å²) in [5.41, 5.74) is 1.61. The number of carboxylic acids is 1. The second-order valence-corrected chi connectivity index (χ2v) is 7.71. The molecule has 6 nitrogen and oxygen atoms in total. The molecule has 0 saturated heterocycles. The highest BCUT2D eigenvalue weighted by molar-refractivity contribution is 7.13. The lowest BCUT2D eigenvalue weighted by molar-refractivity contribution is -0.116. The van der Waals surface area contributed by atoms with E-state index in [1.54, 1.807) is 17.0 Å². The lowest BCUT2D eigenvalue weighted by atomic mass is 10.0. The molecule has 1 amide bonds. The number of anilines is 1. The smallest absolute Gasteiger partial charge is 0.345 e. The highest BCUT2D eigenvalue weighted by Crippen LogP contribution is 2.23. The lowest BCUT2D eigenvalue weighted by Gasteiger charge is -2.22. The van der Waals surface area contributed by atoms with Crippen molar-refractivity contribution >= 4 is 28.9 Å². The Bertz CT molecular complexity index is 771. The van der Waals surface area contributed by atoms with Gasteiger partial charge in [-0.1, -0.05) is 31.9 Å². The van der Waals surface area contributed by atoms with Crippen LogP contribution in [0.4, 0.5) is 5.69 Å². The Morgan fingerprint density at radius 3 is 2.46 bits per heavy atom. The van der Waals surface area contributed by atoms with Crippen LogP contribution in [0.5, 0.6) is 0 Å². The number of amides is 1. The summed E-state index contributed by atoms with van der Waals surface area (Å²) in [5, 5.41) is 19.1. The fourth-order valence-corrected chi connectivity index (χ4v) is 3.59. The molecule has 0 aliphatic heterocycles. The van der Waals surface area contributed by atoms with Gasteiger partial charge in [-0.25, -0.2) is 4.79 Å². The van der Waals surface area contributed by atoms with Gasteiger partial charge in [-0.05, 0) is 36.2 Å². The molecule has 1 atom stereocenters. The van der Waals surface area contributed by atoms with Crippen LogP contribution in [-0.2, 0) is 16.1 Å². The Kier molecular flexibility index (Phi) is 8.63. The molecular weight excluding hydrogens is 378 g/mol. The van der Waals surface area contributed by atoms with Crippen molar-refractivity contribution in [2.45, 2.75) is 45.8 Å². The first-order chi connectivity index (χ1) is 13.4. The van der Waals surface area contributed by atoms with Gasteiger partial charge in [0.2, 0.25) is 5.91 Å². The van der Waals surface area contributed by atoms with Crippen LogP contribution in [0.2, 0.25) is 0 Å². The number of unbranched alkanes of at least 4 members (excludes halogenated alkanes) is 1. The molecular formula is C21H27NO5S. The Balaban J connectivity index is 1.88. The number of aliphatic hydroxyl groups excluding tert-OH is 1. The van der Waals surface area contributed by atoms with Crippen molar-refractivity contribution in [1.29, 1.82) is 0 Å². The summed E-state index contributed by atoms with van der Waals surface area (Å²) < 4.78 is 5.60. The first-order valence-corrected chi connectivity index (χ1v) is 10.2. The van der Waals surface area contributed by atoms with Gasteiger partial charge >= 0.3 is 5.97 Å². The third-order valence-corrected chi connectivity index (χ3v) is 5.42. The molecule has 1 aromatic heterocycles. The number of rotatable bonds is 11. The number of benzene rings is 1. The molecule has 0 fully saturated rings. The molecule has 1 aromatic carbocycles. The maximum atomic E-state index is 12.0. The van der Waals surface area contributed by atoms with Gasteiger partial charge in [0.1, 0.15) is 4.88 Å². The van der Waals surface area contributed by atoms with E-state index >= 15 is 0 Å². The number of hydrogen-bond acceptors (Lipinski definition) is 5. The maximum absolute atomic E-state index is 12.0. The summed E-state index contributed by atoms with van der Waals surface area (Å²) in [6.45, 7) is 4.63. The Hall–Kier alpha value is -2.22. The zero-order valence-electron chi connectivity index (χ0n) is 16.3. The summed E-state index contributed by atoms with van der Waals surface area (Å²) in [6.07, 6.45) is 2.26. The minimum Gasteiger partial charge on any atom is -0.477 e. The largest absolute Gasteiger partial charge is 0.477 e. The molecule has 0 radical (unpaired) electrons. The number of aromatic carboxylic acids is 1. The minimum atomic E-state index is -0.942. The fraction of sp³-hybridized carbons (Fsp3) is 0.429. The molecule has 2 N–H and O–H groups in total. The van der Waals surface area contributed by atoms with Gasteiger partial charge in [0.15, 0.2) is 0 Å². The van der Waals surface area contributed by atoms with E-state index in [1.165, 1.54) is 18.3 Å². The monoisotopic (exact) mass is 405 g/mol. The number of nitrogens with zero attached hydrogens (tertiary/aromatic N) is 1. The molecule has 1 heterocycles. The predicted octanol–water partition coefficient (Wildman–Crippen LogP) is 4.24. The Labute approximate surface area is 169 Å². The Morgan fingerprint density at radius 1 is 1.18 bits per heavy atom. The van der Waals surface area contributed by atoms with Gasteiger partial charge < -0.3 is 19.8 Å². The average Bonchev–Trinajstić information content (AvgIpc) is 3.15. The number of hydrogen-bond donors (Lipinski definition) is 2. The standard InChI is InChI=1S/C21H27NO5S/c1-3-4-5-19(24)16-6-8-17(9-7-16)22(15(2)23)12-13-27-14-18-10-11-20(28-18)21(25)26/h6-11,19,24H,3-5,12-14H2,1-2H3,(H,25,26). The zero-order chi connectivity index (χ0) is 20.5. The van der Waals surface area contributed by atoms with Crippen molar-refractivity contribution in [3.05, 3.63) is 51.7 Å². The van der Waals surface area contributed by atoms with Gasteiger partial charge in [-0.3, -0.25) is 4.79 Å². The third-order valence-electron chi connectivity index (χ3n) is 4.38. The van der Waals surface area contributed by atoms with Crippen molar-refractivity contribution in [3.8, 4) is 0 Å². The lowest BCUT2D eigenvalue weighted by Crippen LogP contribution is -2.31. The van der Waals surface area contributed by atoms with E-state index < -0.39 is 12.1 Å². The van der Waals surface area contributed by atoms with Crippen LogP contribution in [-0.4, -0.2) is 35.2 Å². The molecule has 0 spiro atoms. The van der Waals surface area contributed by atoms with Gasteiger partial charge in [0, 0.05) is 24.0 Å². The van der Waals surface area contributed by atoms with Crippen LogP contribution < -0.4 is 4.90 Å². The van der Waals surface area contributed by atoms with Crippen LogP contribution in [0.3, 0.4) is 0 Å². The van der Waals surface area contributed by atoms with E-state index in [9.17, 15) is 14.7 Å². The first kappa shape index (κ1) is 22.1. The molecule has 0 saturated carbocycles. The van der Waals surface area contributed by atoms with Gasteiger partial charge in [0.25, 0.3) is 0 Å². The van der Waals surface area contributed by atoms with Crippen molar-refractivity contribution in [1.82, 2.24) is 0 Å². The van der Waals surface area contributed by atoms with E-state index in [1.807, 2.05) is 24.3 Å². The molecule has 0 aliphatic carbocycles. The van der Waals surface area contributed by atoms with Crippen LogP contribution in [0.1, 0.15) is 59.3 Å². The second-order valence-electron chi connectivity index (χ2n) is 6.54. The van der Waals surface area contributed by atoms with E-state index in [0.29, 0.717) is 19.8 Å². The number of carbonyl (C=O) groups excluding carboxylic acids is 1. The van der Waals surface area contributed by atoms with Crippen LogP contribution in [0, 0.1) is 0 Å². The molecule has 2 rings (SSSR count). The fourth-order valence-electron chi connectivity index (χ4n) is 2.81. The number of ether oxygens (including phenoxy) is 1. The van der Waals surface area contributed by atoms with Crippen molar-refractivity contribution in [2.75, 3.05) is 18.1 Å². The van der Waals surface area contributed by atoms with Crippen molar-refractivity contribution < 1.29 is 24.5 Å². The van der Waals surface area contributed by atoms with Gasteiger partial charge in [0.05, 0.1) is 19.3 Å². The Morgan fingerprint density at radius 2 is 1.89 bits per heavy atom. The highest BCUT2D eigenvalue weighted by atomic mass is 32.1. The highest BCUT2D eigenvalue weighted by Gasteiger charge is 2.13. The van der Waals surface area contributed by atoms with Crippen molar-refractivity contribution in [3.63, 3.8) is 0 Å². The summed E-state index contributed by atoms with van der Waals surface area (Å²) >= 11 is 1.18. The molecule has 28 heavy (non-hydrogen) atoms. The summed E-state index contributed by atoms with van der Waals surface area (Å²) in [7, 11) is 0. The quantitative estimate of drug-likeness (QED) is 0.546. The SMILES string of the molecule is CCCCC(O)c1ccc(N(CCOCc2ccc(C(=O)O)s2)C(C)=O)cc1. The topological polar surface area (TPSA) is 87.1 Å². The van der Waals surface area contributed by atoms with Crippen LogP contribution >= 0.6 is 11.3 Å². The van der Waals surface area contributed by atoms with E-state index in [4.69, 9.17) is 9.84 Å². The van der Waals surface area contributed by atoms with Crippen LogP contribution in [0.25, 0.3) is 0 Å². The molecule has 1 unspecified atom stereocenters. The minimum absolute atomic E-state index is 0.0906. The number of aliphatic hydroxyl groups is 1. The second kappa shape index (κ2) is 10.9. The number of carboxylic acid groups (broad SMARTS) is 1. The first-order valence-electron chi connectivity index (χ1n) is 9.38. The molecule has 7 heteroatoms. The van der Waals surface area contributed by atoms with Crippen LogP contribution in [0.15, 0.2) is 36.4 Å². The normalized spacial score (nSPS) is 12.0. The zero-order valence-corrected chi connectivity index (χ0v) is 17.1. The molecule has 2 aromatic rings.